The first-order valence-electron chi connectivity index (χ1n) is 8.66. The summed E-state index contributed by atoms with van der Waals surface area (Å²) < 4.78 is 19.6. The van der Waals surface area contributed by atoms with E-state index in [0.29, 0.717) is 22.8 Å². The molecular weight excluding hydrogens is 361 g/mol. The van der Waals surface area contributed by atoms with E-state index in [4.69, 9.17) is 10.5 Å². The maximum absolute atomic E-state index is 14.1. The lowest BCUT2D eigenvalue weighted by Crippen LogP contribution is -2.27. The van der Waals surface area contributed by atoms with Gasteiger partial charge in [-0.1, -0.05) is 12.1 Å². The Hall–Kier alpha value is -3.39. The van der Waals surface area contributed by atoms with Crippen LogP contribution in [0.4, 0.5) is 33.2 Å². The fourth-order valence-electron chi connectivity index (χ4n) is 2.32. The number of nitrogens with one attached hydrogen (secondary N) is 2. The van der Waals surface area contributed by atoms with Crippen molar-refractivity contribution in [2.45, 2.75) is 19.4 Å². The zero-order chi connectivity index (χ0) is 20.1. The van der Waals surface area contributed by atoms with Crippen LogP contribution in [-0.4, -0.2) is 27.3 Å². The Morgan fingerprint density at radius 1 is 1.11 bits per heavy atom. The van der Waals surface area contributed by atoms with Crippen LogP contribution in [0.2, 0.25) is 0 Å². The van der Waals surface area contributed by atoms with Crippen LogP contribution < -0.4 is 21.1 Å². The molecule has 0 unspecified atom stereocenters. The average Bonchev–Trinajstić information content (AvgIpc) is 2.63. The van der Waals surface area contributed by atoms with Gasteiger partial charge in [-0.3, -0.25) is 0 Å². The monoisotopic (exact) mass is 383 g/mol. The average molecular weight is 383 g/mol. The Bertz CT molecular complexity index is 959. The molecule has 146 valence electrons. The lowest BCUT2D eigenvalue weighted by molar-refractivity contribution is 0.0285. The number of anilines is 5. The largest absolute Gasteiger partial charge is 0.491 e. The number of halogens is 1. The Morgan fingerprint density at radius 3 is 2.54 bits per heavy atom. The van der Waals surface area contributed by atoms with E-state index in [0.717, 1.165) is 6.20 Å². The highest BCUT2D eigenvalue weighted by Gasteiger charge is 2.13. The zero-order valence-electron chi connectivity index (χ0n) is 15.6. The van der Waals surface area contributed by atoms with Crippen LogP contribution in [-0.2, 0) is 0 Å². The second-order valence-electron chi connectivity index (χ2n) is 6.89. The van der Waals surface area contributed by atoms with Crippen molar-refractivity contribution in [1.29, 1.82) is 0 Å². The van der Waals surface area contributed by atoms with Gasteiger partial charge in [-0.15, -0.1) is 0 Å². The van der Waals surface area contributed by atoms with Gasteiger partial charge in [0.1, 0.15) is 12.4 Å². The molecule has 8 heteroatoms. The van der Waals surface area contributed by atoms with Crippen LogP contribution >= 0.6 is 0 Å². The highest BCUT2D eigenvalue weighted by Crippen LogP contribution is 2.24. The van der Waals surface area contributed by atoms with Crippen LogP contribution in [0.3, 0.4) is 0 Å². The van der Waals surface area contributed by atoms with Gasteiger partial charge in [-0.2, -0.15) is 4.98 Å². The van der Waals surface area contributed by atoms with Gasteiger partial charge in [0.15, 0.2) is 11.6 Å². The van der Waals surface area contributed by atoms with Crippen molar-refractivity contribution in [3.63, 3.8) is 0 Å². The van der Waals surface area contributed by atoms with Crippen LogP contribution in [0.1, 0.15) is 13.8 Å². The topological polar surface area (TPSA) is 105 Å². The molecule has 0 spiro atoms. The molecule has 0 aliphatic heterocycles. The third-order valence-electron chi connectivity index (χ3n) is 3.58. The maximum atomic E-state index is 14.1. The summed E-state index contributed by atoms with van der Waals surface area (Å²) in [6.07, 6.45) is 1.08. The molecule has 7 nitrogen and oxygen atoms in total. The van der Waals surface area contributed by atoms with Crippen molar-refractivity contribution < 1.29 is 14.2 Å². The predicted molar refractivity (Wildman–Crippen MR) is 108 cm³/mol. The molecule has 0 fully saturated rings. The SMILES string of the molecule is CC(C)(O)COc1cccc(Nc2ncc(F)c(Nc3cccc(N)c3)n2)c1. The summed E-state index contributed by atoms with van der Waals surface area (Å²) in [5.41, 5.74) is 6.64. The van der Waals surface area contributed by atoms with Gasteiger partial charge in [-0.05, 0) is 44.2 Å². The molecule has 0 atom stereocenters. The van der Waals surface area contributed by atoms with Crippen molar-refractivity contribution in [3.05, 3.63) is 60.5 Å². The van der Waals surface area contributed by atoms with Crippen molar-refractivity contribution in [3.8, 4) is 5.75 Å². The normalized spacial score (nSPS) is 11.1. The van der Waals surface area contributed by atoms with Gasteiger partial charge in [0, 0.05) is 23.1 Å². The predicted octanol–water partition coefficient (Wildman–Crippen LogP) is 3.83. The van der Waals surface area contributed by atoms with E-state index >= 15 is 0 Å². The van der Waals surface area contributed by atoms with Gasteiger partial charge in [0.2, 0.25) is 5.95 Å². The summed E-state index contributed by atoms with van der Waals surface area (Å²) in [5, 5.41) is 15.7. The van der Waals surface area contributed by atoms with Gasteiger partial charge >= 0.3 is 0 Å². The van der Waals surface area contributed by atoms with Crippen LogP contribution in [0.5, 0.6) is 5.75 Å². The van der Waals surface area contributed by atoms with E-state index in [1.165, 1.54) is 0 Å². The number of hydrogen-bond acceptors (Lipinski definition) is 7. The summed E-state index contributed by atoms with van der Waals surface area (Å²) in [6, 6.07) is 14.0. The molecule has 2 aromatic carbocycles. The smallest absolute Gasteiger partial charge is 0.229 e. The zero-order valence-corrected chi connectivity index (χ0v) is 15.6. The number of rotatable bonds is 7. The lowest BCUT2D eigenvalue weighted by Gasteiger charge is -2.18. The quantitative estimate of drug-likeness (QED) is 0.460. The lowest BCUT2D eigenvalue weighted by atomic mass is 10.2. The second kappa shape index (κ2) is 8.10. The van der Waals surface area contributed by atoms with Gasteiger partial charge in [-0.25, -0.2) is 9.37 Å². The third-order valence-corrected chi connectivity index (χ3v) is 3.58. The number of aromatic nitrogens is 2. The molecule has 1 heterocycles. The van der Waals surface area contributed by atoms with E-state index < -0.39 is 11.4 Å². The van der Waals surface area contributed by atoms with E-state index in [9.17, 15) is 9.50 Å². The minimum atomic E-state index is -0.940. The molecule has 0 aliphatic carbocycles. The third kappa shape index (κ3) is 5.55. The second-order valence-corrected chi connectivity index (χ2v) is 6.89. The molecule has 5 N–H and O–H groups in total. The molecule has 0 saturated heterocycles. The summed E-state index contributed by atoms with van der Waals surface area (Å²) in [5.74, 6) is 0.229. The number of nitrogen functional groups attached to an aromatic ring is 1. The molecule has 28 heavy (non-hydrogen) atoms. The summed E-state index contributed by atoms with van der Waals surface area (Å²) in [7, 11) is 0. The highest BCUT2D eigenvalue weighted by molar-refractivity contribution is 5.63. The standard InChI is InChI=1S/C20H22FN5O2/c1-20(2,27)12-28-16-8-4-7-15(10-16)25-19-23-11-17(21)18(26-19)24-14-6-3-5-13(22)9-14/h3-11,27H,12,22H2,1-2H3,(H2,23,24,25,26). The number of nitrogens with zero attached hydrogens (tertiary/aromatic N) is 2. The molecular formula is C20H22FN5O2. The Labute approximate surface area is 162 Å². The van der Waals surface area contributed by atoms with Crippen molar-refractivity contribution in [1.82, 2.24) is 9.97 Å². The number of ether oxygens (including phenoxy) is 1. The molecule has 0 radical (unpaired) electrons. The summed E-state index contributed by atoms with van der Waals surface area (Å²) in [4.78, 5) is 8.14. The van der Waals surface area contributed by atoms with Gasteiger partial charge in [0.05, 0.1) is 11.8 Å². The molecule has 1 aromatic heterocycles. The Morgan fingerprint density at radius 2 is 1.82 bits per heavy atom. The van der Waals surface area contributed by atoms with Crippen LogP contribution in [0.25, 0.3) is 0 Å². The van der Waals surface area contributed by atoms with Crippen molar-refractivity contribution in [2.24, 2.45) is 0 Å². The number of hydrogen-bond donors (Lipinski definition) is 4. The Balaban J connectivity index is 1.74. The first kappa shape index (κ1) is 19.4. The Kier molecular flexibility index (Phi) is 5.60. The van der Waals surface area contributed by atoms with Gasteiger partial charge in [0.25, 0.3) is 0 Å². The number of benzene rings is 2. The minimum absolute atomic E-state index is 0.0255. The highest BCUT2D eigenvalue weighted by atomic mass is 19.1. The van der Waals surface area contributed by atoms with Crippen molar-refractivity contribution in [2.75, 3.05) is 23.0 Å². The van der Waals surface area contributed by atoms with E-state index in [1.807, 2.05) is 0 Å². The molecule has 3 rings (SSSR count). The fourth-order valence-corrected chi connectivity index (χ4v) is 2.32. The first-order valence-corrected chi connectivity index (χ1v) is 8.66. The summed E-state index contributed by atoms with van der Waals surface area (Å²) in [6.45, 7) is 3.48. The molecule has 0 saturated carbocycles. The van der Waals surface area contributed by atoms with Crippen LogP contribution in [0, 0.1) is 5.82 Å². The molecule has 3 aromatic rings. The van der Waals surface area contributed by atoms with E-state index in [2.05, 4.69) is 20.6 Å². The van der Waals surface area contributed by atoms with E-state index in [1.54, 1.807) is 62.4 Å². The molecule has 0 aliphatic rings. The fraction of sp³-hybridized carbons (Fsp3) is 0.200. The maximum Gasteiger partial charge on any atom is 0.229 e. The van der Waals surface area contributed by atoms with Crippen LogP contribution in [0.15, 0.2) is 54.7 Å². The molecule has 0 bridgehead atoms. The minimum Gasteiger partial charge on any atom is -0.491 e. The number of nitrogens with two attached hydrogens (primary N) is 1. The summed E-state index contributed by atoms with van der Waals surface area (Å²) >= 11 is 0. The van der Waals surface area contributed by atoms with Crippen molar-refractivity contribution >= 4 is 28.8 Å². The molecule has 0 amide bonds. The number of aliphatic hydroxyl groups is 1. The van der Waals surface area contributed by atoms with E-state index in [-0.39, 0.29) is 18.4 Å². The first-order chi connectivity index (χ1) is 13.3. The van der Waals surface area contributed by atoms with Gasteiger partial charge < -0.3 is 26.2 Å².